The Balaban J connectivity index is 1.28. The summed E-state index contributed by atoms with van der Waals surface area (Å²) in [5.74, 6) is -0.918. The standard InChI is InChI=1S/C30H21N5O5S/c36-29(34-26-16-19(35(38)39)14-15-25(26)32-33-34)27(28(41)18-8-2-1-3-9-18)31-30(37)40-17-24-22-12-6-4-10-20(22)21-11-5-7-13-23(21)24/h1-16,24,27H,17H2,(H,31,37)/t27-/m0/s1. The van der Waals surface area contributed by atoms with Gasteiger partial charge in [-0.3, -0.25) is 14.9 Å². The maximum absolute atomic E-state index is 13.8. The van der Waals surface area contributed by atoms with Crippen molar-refractivity contribution in [1.29, 1.82) is 0 Å². The molecule has 1 N–H and O–H groups in total. The Labute approximate surface area is 238 Å². The number of amides is 1. The number of benzene rings is 4. The molecule has 11 heteroatoms. The summed E-state index contributed by atoms with van der Waals surface area (Å²) in [4.78, 5) is 37.8. The molecule has 0 aliphatic heterocycles. The number of thiocarbonyl (C=S) groups is 1. The lowest BCUT2D eigenvalue weighted by Crippen LogP contribution is -2.48. The lowest BCUT2D eigenvalue weighted by molar-refractivity contribution is -0.384. The topological polar surface area (TPSA) is 129 Å². The van der Waals surface area contributed by atoms with Gasteiger partial charge in [-0.2, -0.15) is 4.68 Å². The van der Waals surface area contributed by atoms with Crippen molar-refractivity contribution in [3.63, 3.8) is 0 Å². The minimum Gasteiger partial charge on any atom is -0.449 e. The molecule has 10 nitrogen and oxygen atoms in total. The van der Waals surface area contributed by atoms with Crippen molar-refractivity contribution in [2.45, 2.75) is 12.0 Å². The Hall–Kier alpha value is -5.29. The number of hydrogen-bond acceptors (Lipinski definition) is 8. The van der Waals surface area contributed by atoms with Crippen LogP contribution in [0.5, 0.6) is 0 Å². The van der Waals surface area contributed by atoms with E-state index in [1.54, 1.807) is 30.3 Å². The Morgan fingerprint density at radius 2 is 1.59 bits per heavy atom. The van der Waals surface area contributed by atoms with E-state index in [1.807, 2.05) is 48.5 Å². The second-order valence-electron chi connectivity index (χ2n) is 9.40. The van der Waals surface area contributed by atoms with E-state index < -0.39 is 23.0 Å². The monoisotopic (exact) mass is 563 g/mol. The number of non-ortho nitro benzene ring substituents is 1. The van der Waals surface area contributed by atoms with Gasteiger partial charge in [0, 0.05) is 18.1 Å². The van der Waals surface area contributed by atoms with Gasteiger partial charge in [0.25, 0.3) is 11.6 Å². The molecule has 1 atom stereocenters. The fourth-order valence-corrected chi connectivity index (χ4v) is 5.37. The highest BCUT2D eigenvalue weighted by atomic mass is 32.1. The highest BCUT2D eigenvalue weighted by Crippen LogP contribution is 2.44. The molecule has 41 heavy (non-hydrogen) atoms. The summed E-state index contributed by atoms with van der Waals surface area (Å²) in [7, 11) is 0. The molecule has 1 aliphatic rings. The van der Waals surface area contributed by atoms with Crippen LogP contribution in [0.4, 0.5) is 10.5 Å². The van der Waals surface area contributed by atoms with Gasteiger partial charge in [-0.1, -0.05) is 96.3 Å². The lowest BCUT2D eigenvalue weighted by atomic mass is 9.98. The number of rotatable bonds is 7. The van der Waals surface area contributed by atoms with Crippen molar-refractivity contribution >= 4 is 45.8 Å². The van der Waals surface area contributed by atoms with Gasteiger partial charge in [-0.05, 0) is 33.9 Å². The first-order chi connectivity index (χ1) is 19.9. The normalized spacial score (nSPS) is 12.8. The number of ether oxygens (including phenoxy) is 1. The molecular weight excluding hydrogens is 542 g/mol. The van der Waals surface area contributed by atoms with E-state index in [4.69, 9.17) is 17.0 Å². The molecular formula is C30H21N5O5S. The number of nitro benzene ring substituents is 1. The zero-order valence-corrected chi connectivity index (χ0v) is 22.2. The third-order valence-corrected chi connectivity index (χ3v) is 7.49. The van der Waals surface area contributed by atoms with Crippen LogP contribution in [0.25, 0.3) is 22.2 Å². The van der Waals surface area contributed by atoms with E-state index in [2.05, 4.69) is 15.6 Å². The SMILES string of the molecule is O=C(N[C@H](C(=O)n1nnc2ccc([N+](=O)[O-])cc21)C(=S)c1ccccc1)OCC1c2ccccc2-c2ccccc21. The molecule has 0 fully saturated rings. The Bertz CT molecular complexity index is 1790. The molecule has 0 unspecified atom stereocenters. The van der Waals surface area contributed by atoms with E-state index in [0.29, 0.717) is 5.56 Å². The van der Waals surface area contributed by atoms with Crippen molar-refractivity contribution in [1.82, 2.24) is 20.3 Å². The third-order valence-electron chi connectivity index (χ3n) is 7.02. The second kappa shape index (κ2) is 10.7. The summed E-state index contributed by atoms with van der Waals surface area (Å²) < 4.78 is 6.57. The molecule has 1 amide bonds. The van der Waals surface area contributed by atoms with Crippen LogP contribution in [-0.4, -0.2) is 49.4 Å². The van der Waals surface area contributed by atoms with Crippen molar-refractivity contribution in [2.24, 2.45) is 0 Å². The summed E-state index contributed by atoms with van der Waals surface area (Å²) in [5.41, 5.74) is 4.95. The number of hydrogen-bond donors (Lipinski definition) is 1. The number of carbonyl (C=O) groups excluding carboxylic acids is 2. The van der Waals surface area contributed by atoms with Gasteiger partial charge in [0.05, 0.1) is 9.79 Å². The van der Waals surface area contributed by atoms with Crippen LogP contribution in [0.2, 0.25) is 0 Å². The van der Waals surface area contributed by atoms with Crippen LogP contribution < -0.4 is 5.32 Å². The number of aromatic nitrogens is 3. The van der Waals surface area contributed by atoms with Gasteiger partial charge in [0.15, 0.2) is 0 Å². The number of alkyl carbamates (subject to hydrolysis) is 1. The predicted molar refractivity (Wildman–Crippen MR) is 155 cm³/mol. The molecule has 1 aromatic heterocycles. The highest BCUT2D eigenvalue weighted by Gasteiger charge is 2.32. The molecule has 1 aliphatic carbocycles. The summed E-state index contributed by atoms with van der Waals surface area (Å²) >= 11 is 5.64. The second-order valence-corrected chi connectivity index (χ2v) is 9.84. The van der Waals surface area contributed by atoms with Crippen molar-refractivity contribution in [2.75, 3.05) is 6.61 Å². The van der Waals surface area contributed by atoms with E-state index in [-0.39, 0.29) is 34.1 Å². The highest BCUT2D eigenvalue weighted by molar-refractivity contribution is 7.81. The minimum absolute atomic E-state index is 0.0390. The molecule has 6 rings (SSSR count). The van der Waals surface area contributed by atoms with E-state index in [1.165, 1.54) is 18.2 Å². The Morgan fingerprint density at radius 3 is 2.24 bits per heavy atom. The van der Waals surface area contributed by atoms with E-state index in [0.717, 1.165) is 26.9 Å². The summed E-state index contributed by atoms with van der Waals surface area (Å²) in [6.07, 6.45) is -0.848. The van der Waals surface area contributed by atoms with Gasteiger partial charge in [0.1, 0.15) is 23.7 Å². The van der Waals surface area contributed by atoms with Crippen LogP contribution in [0, 0.1) is 10.1 Å². The number of nitro groups is 1. The molecule has 4 aromatic carbocycles. The van der Waals surface area contributed by atoms with Gasteiger partial charge in [-0.15, -0.1) is 5.10 Å². The summed E-state index contributed by atoms with van der Waals surface area (Å²) in [6.45, 7) is 0.0390. The zero-order valence-electron chi connectivity index (χ0n) is 21.3. The van der Waals surface area contributed by atoms with Gasteiger partial charge in [0.2, 0.25) is 0 Å². The fraction of sp³-hybridized carbons (Fsp3) is 0.100. The average Bonchev–Trinajstić information content (AvgIpc) is 3.57. The van der Waals surface area contributed by atoms with Gasteiger partial charge >= 0.3 is 6.09 Å². The molecule has 202 valence electrons. The molecule has 1 heterocycles. The molecule has 0 bridgehead atoms. The molecule has 5 aromatic rings. The number of fused-ring (bicyclic) bond motifs is 4. The maximum atomic E-state index is 13.8. The van der Waals surface area contributed by atoms with E-state index in [9.17, 15) is 19.7 Å². The van der Waals surface area contributed by atoms with Crippen LogP contribution >= 0.6 is 12.2 Å². The van der Waals surface area contributed by atoms with Crippen LogP contribution in [0.3, 0.4) is 0 Å². The van der Waals surface area contributed by atoms with Crippen molar-refractivity contribution in [3.8, 4) is 11.1 Å². The molecule has 0 saturated heterocycles. The van der Waals surface area contributed by atoms with E-state index >= 15 is 0 Å². The Kier molecular flexibility index (Phi) is 6.78. The predicted octanol–water partition coefficient (Wildman–Crippen LogP) is 5.31. The largest absolute Gasteiger partial charge is 0.449 e. The average molecular weight is 564 g/mol. The van der Waals surface area contributed by atoms with Crippen molar-refractivity contribution in [3.05, 3.63) is 124 Å². The maximum Gasteiger partial charge on any atom is 0.408 e. The molecule has 0 spiro atoms. The first-order valence-electron chi connectivity index (χ1n) is 12.7. The minimum atomic E-state index is -1.37. The van der Waals surface area contributed by atoms with Gasteiger partial charge < -0.3 is 10.1 Å². The van der Waals surface area contributed by atoms with Crippen molar-refractivity contribution < 1.29 is 19.2 Å². The number of nitrogens with one attached hydrogen (secondary N) is 1. The third kappa shape index (κ3) is 4.83. The summed E-state index contributed by atoms with van der Waals surface area (Å²) in [6, 6.07) is 27.1. The van der Waals surface area contributed by atoms with Gasteiger partial charge in [-0.25, -0.2) is 4.79 Å². The lowest BCUT2D eigenvalue weighted by Gasteiger charge is -2.20. The van der Waals surface area contributed by atoms with Crippen LogP contribution in [0.1, 0.15) is 27.4 Å². The fourth-order valence-electron chi connectivity index (χ4n) is 5.07. The summed E-state index contributed by atoms with van der Waals surface area (Å²) in [5, 5.41) is 21.8. The number of carbonyl (C=O) groups is 2. The first-order valence-corrected chi connectivity index (χ1v) is 13.1. The molecule has 0 radical (unpaired) electrons. The number of nitrogens with zero attached hydrogens (tertiary/aromatic N) is 4. The Morgan fingerprint density at radius 1 is 0.951 bits per heavy atom. The zero-order chi connectivity index (χ0) is 28.5. The first kappa shape index (κ1) is 26.0. The van der Waals surface area contributed by atoms with Crippen LogP contribution in [0.15, 0.2) is 97.1 Å². The smallest absolute Gasteiger partial charge is 0.408 e. The molecule has 0 saturated carbocycles. The quantitative estimate of drug-likeness (QED) is 0.122. The van der Waals surface area contributed by atoms with Crippen LogP contribution in [-0.2, 0) is 4.74 Å².